The molecule has 4 aromatic rings. The molecule has 32 heavy (non-hydrogen) atoms. The SMILES string of the molecule is O=C1c2ccccc2C(=O)c2c(Sc3ccc(O)cc3)ccc(Sc3ccc(O)cc3)c21. The lowest BCUT2D eigenvalue weighted by molar-refractivity contribution is 0.0974. The molecule has 0 aliphatic heterocycles. The molecule has 0 unspecified atom stereocenters. The Kier molecular flexibility index (Phi) is 5.25. The number of ketones is 2. The van der Waals surface area contributed by atoms with Gasteiger partial charge in [-0.05, 0) is 60.7 Å². The first-order valence-corrected chi connectivity index (χ1v) is 11.4. The van der Waals surface area contributed by atoms with Gasteiger partial charge in [-0.15, -0.1) is 0 Å². The molecule has 5 rings (SSSR count). The second kappa shape index (κ2) is 8.22. The topological polar surface area (TPSA) is 74.6 Å². The Morgan fingerprint density at radius 1 is 0.500 bits per heavy atom. The van der Waals surface area contributed by atoms with Gasteiger partial charge in [0.15, 0.2) is 11.6 Å². The van der Waals surface area contributed by atoms with Gasteiger partial charge >= 0.3 is 0 Å². The molecule has 0 spiro atoms. The van der Waals surface area contributed by atoms with Crippen molar-refractivity contribution in [2.75, 3.05) is 0 Å². The van der Waals surface area contributed by atoms with Gasteiger partial charge in [0.25, 0.3) is 0 Å². The average Bonchev–Trinajstić information content (AvgIpc) is 2.81. The number of rotatable bonds is 4. The molecule has 0 aromatic heterocycles. The number of hydrogen-bond acceptors (Lipinski definition) is 6. The predicted molar refractivity (Wildman–Crippen MR) is 124 cm³/mol. The first-order chi connectivity index (χ1) is 15.5. The van der Waals surface area contributed by atoms with Crippen molar-refractivity contribution in [2.24, 2.45) is 0 Å². The van der Waals surface area contributed by atoms with Crippen molar-refractivity contribution in [3.63, 3.8) is 0 Å². The second-order valence-corrected chi connectivity index (χ2v) is 9.44. The summed E-state index contributed by atoms with van der Waals surface area (Å²) < 4.78 is 0. The Bertz CT molecular complexity index is 1250. The van der Waals surface area contributed by atoms with E-state index in [0.717, 1.165) is 9.79 Å². The van der Waals surface area contributed by atoms with E-state index in [0.29, 0.717) is 32.0 Å². The van der Waals surface area contributed by atoms with Crippen LogP contribution < -0.4 is 0 Å². The number of aromatic hydroxyl groups is 2. The number of fused-ring (bicyclic) bond motifs is 2. The van der Waals surface area contributed by atoms with E-state index in [1.165, 1.54) is 23.5 Å². The number of carbonyl (C=O) groups excluding carboxylic acids is 2. The summed E-state index contributed by atoms with van der Waals surface area (Å²) >= 11 is 2.76. The van der Waals surface area contributed by atoms with Crippen LogP contribution in [0.2, 0.25) is 0 Å². The molecular weight excluding hydrogens is 440 g/mol. The summed E-state index contributed by atoms with van der Waals surface area (Å²) in [5.74, 6) is -0.0244. The van der Waals surface area contributed by atoms with E-state index in [1.807, 2.05) is 12.1 Å². The molecule has 4 nitrogen and oxygen atoms in total. The van der Waals surface area contributed by atoms with Crippen molar-refractivity contribution in [3.05, 3.63) is 107 Å². The summed E-state index contributed by atoms with van der Waals surface area (Å²) in [6.45, 7) is 0. The number of carbonyl (C=O) groups is 2. The van der Waals surface area contributed by atoms with E-state index >= 15 is 0 Å². The van der Waals surface area contributed by atoms with Crippen molar-refractivity contribution >= 4 is 35.1 Å². The molecule has 0 bridgehead atoms. The fourth-order valence-electron chi connectivity index (χ4n) is 3.62. The van der Waals surface area contributed by atoms with Crippen LogP contribution in [0.25, 0.3) is 0 Å². The quantitative estimate of drug-likeness (QED) is 0.337. The molecule has 4 aromatic carbocycles. The fraction of sp³-hybridized carbons (Fsp3) is 0. The first-order valence-electron chi connectivity index (χ1n) is 9.80. The summed E-state index contributed by atoms with van der Waals surface area (Å²) in [6, 6.07) is 24.1. The van der Waals surface area contributed by atoms with E-state index in [-0.39, 0.29) is 23.1 Å². The van der Waals surface area contributed by atoms with Crippen molar-refractivity contribution in [1.82, 2.24) is 0 Å². The minimum Gasteiger partial charge on any atom is -0.508 e. The molecule has 0 radical (unpaired) electrons. The van der Waals surface area contributed by atoms with Crippen LogP contribution in [0, 0.1) is 0 Å². The molecule has 0 saturated heterocycles. The largest absolute Gasteiger partial charge is 0.508 e. The van der Waals surface area contributed by atoms with Gasteiger partial charge in [0.05, 0.1) is 0 Å². The number of hydrogen-bond donors (Lipinski definition) is 2. The van der Waals surface area contributed by atoms with Crippen molar-refractivity contribution in [1.29, 1.82) is 0 Å². The van der Waals surface area contributed by atoms with Crippen LogP contribution in [0.3, 0.4) is 0 Å². The highest BCUT2D eigenvalue weighted by Crippen LogP contribution is 2.43. The van der Waals surface area contributed by atoms with Gasteiger partial charge in [0.1, 0.15) is 11.5 Å². The minimum absolute atomic E-state index is 0.164. The maximum absolute atomic E-state index is 13.5. The highest BCUT2D eigenvalue weighted by Gasteiger charge is 2.34. The standard InChI is InChI=1S/C26H16O4S2/c27-15-5-9-17(10-6-15)31-21-13-14-22(32-18-11-7-16(28)8-12-18)24-23(21)25(29)19-3-1-2-4-20(19)26(24)30/h1-14,27-28H. The molecule has 0 amide bonds. The average molecular weight is 457 g/mol. The van der Waals surface area contributed by atoms with Gasteiger partial charge in [-0.3, -0.25) is 9.59 Å². The zero-order valence-corrected chi connectivity index (χ0v) is 18.2. The zero-order chi connectivity index (χ0) is 22.2. The number of benzene rings is 4. The van der Waals surface area contributed by atoms with Gasteiger partial charge in [-0.2, -0.15) is 0 Å². The van der Waals surface area contributed by atoms with Gasteiger partial charge in [0.2, 0.25) is 0 Å². The lowest BCUT2D eigenvalue weighted by atomic mass is 9.84. The summed E-state index contributed by atoms with van der Waals surface area (Å²) in [5, 5.41) is 19.1. The summed E-state index contributed by atoms with van der Waals surface area (Å²) in [5.41, 5.74) is 1.61. The van der Waals surface area contributed by atoms with Crippen molar-refractivity contribution < 1.29 is 19.8 Å². The summed E-state index contributed by atoms with van der Waals surface area (Å²) in [6.07, 6.45) is 0. The van der Waals surface area contributed by atoms with E-state index in [9.17, 15) is 19.8 Å². The van der Waals surface area contributed by atoms with Crippen LogP contribution in [-0.4, -0.2) is 21.8 Å². The van der Waals surface area contributed by atoms with Crippen LogP contribution in [-0.2, 0) is 0 Å². The molecule has 1 aliphatic rings. The molecule has 0 fully saturated rings. The first kappa shape index (κ1) is 20.4. The third kappa shape index (κ3) is 3.68. The summed E-state index contributed by atoms with van der Waals surface area (Å²) in [4.78, 5) is 30.1. The highest BCUT2D eigenvalue weighted by molar-refractivity contribution is 8.00. The maximum Gasteiger partial charge on any atom is 0.195 e. The normalized spacial score (nSPS) is 12.4. The van der Waals surface area contributed by atoms with E-state index < -0.39 is 0 Å². The summed E-state index contributed by atoms with van der Waals surface area (Å²) in [7, 11) is 0. The van der Waals surface area contributed by atoms with Crippen LogP contribution in [0.5, 0.6) is 11.5 Å². The third-order valence-electron chi connectivity index (χ3n) is 5.13. The molecule has 6 heteroatoms. The Labute approximate surface area is 192 Å². The van der Waals surface area contributed by atoms with Gasteiger partial charge in [0, 0.05) is 41.8 Å². The van der Waals surface area contributed by atoms with Gasteiger partial charge in [-0.1, -0.05) is 47.8 Å². The highest BCUT2D eigenvalue weighted by atomic mass is 32.2. The smallest absolute Gasteiger partial charge is 0.195 e. The zero-order valence-electron chi connectivity index (χ0n) is 16.6. The lowest BCUT2D eigenvalue weighted by Crippen LogP contribution is -2.22. The Balaban J connectivity index is 1.65. The number of phenols is 2. The van der Waals surface area contributed by atoms with Crippen LogP contribution in [0.1, 0.15) is 31.8 Å². The minimum atomic E-state index is -0.176. The maximum atomic E-state index is 13.5. The van der Waals surface area contributed by atoms with Crippen molar-refractivity contribution in [3.8, 4) is 11.5 Å². The second-order valence-electron chi connectivity index (χ2n) is 7.21. The van der Waals surface area contributed by atoms with Crippen LogP contribution in [0.15, 0.2) is 105 Å². The molecule has 2 N–H and O–H groups in total. The third-order valence-corrected chi connectivity index (χ3v) is 7.26. The molecule has 156 valence electrons. The van der Waals surface area contributed by atoms with Gasteiger partial charge < -0.3 is 10.2 Å². The lowest BCUT2D eigenvalue weighted by Gasteiger charge is -2.22. The predicted octanol–water partition coefficient (Wildman–Crippen LogP) is 6.18. The monoisotopic (exact) mass is 456 g/mol. The molecule has 0 heterocycles. The Morgan fingerprint density at radius 3 is 1.25 bits per heavy atom. The molecule has 1 aliphatic carbocycles. The molecule has 0 saturated carbocycles. The molecular formula is C26H16O4S2. The van der Waals surface area contributed by atoms with Crippen LogP contribution in [0.4, 0.5) is 0 Å². The van der Waals surface area contributed by atoms with E-state index in [2.05, 4.69) is 0 Å². The van der Waals surface area contributed by atoms with Crippen LogP contribution >= 0.6 is 23.5 Å². The Morgan fingerprint density at radius 2 is 0.875 bits per heavy atom. The van der Waals surface area contributed by atoms with Gasteiger partial charge in [-0.25, -0.2) is 0 Å². The molecule has 0 atom stereocenters. The number of phenolic OH excluding ortho intramolecular Hbond substituents is 2. The van der Waals surface area contributed by atoms with E-state index in [4.69, 9.17) is 0 Å². The van der Waals surface area contributed by atoms with E-state index in [1.54, 1.807) is 72.8 Å². The van der Waals surface area contributed by atoms with Crippen molar-refractivity contribution in [2.45, 2.75) is 19.6 Å². The Hall–Kier alpha value is -3.48. The fourth-order valence-corrected chi connectivity index (χ4v) is 5.53.